The van der Waals surface area contributed by atoms with Gasteiger partial charge in [-0.3, -0.25) is 0 Å². The van der Waals surface area contributed by atoms with Gasteiger partial charge in [0.1, 0.15) is 11.5 Å². The van der Waals surface area contributed by atoms with Crippen molar-refractivity contribution >= 4 is 66.7 Å². The van der Waals surface area contributed by atoms with Gasteiger partial charge in [0.15, 0.2) is 11.5 Å². The highest BCUT2D eigenvalue weighted by Crippen LogP contribution is 2.47. The minimum atomic E-state index is -0.172. The third-order valence-electron chi connectivity index (χ3n) is 13.1. The number of benzene rings is 9. The molecule has 5 heteroatoms. The second-order valence-electron chi connectivity index (χ2n) is 16.5. The van der Waals surface area contributed by atoms with Gasteiger partial charge >= 0.3 is 0 Å². The second-order valence-corrected chi connectivity index (χ2v) is 16.5. The largest absolute Gasteiger partial charge is 0.456 e. The summed E-state index contributed by atoms with van der Waals surface area (Å²) in [4.78, 5) is 0. The topological polar surface area (TPSA) is 28.3 Å². The minimum absolute atomic E-state index is 0.172. The quantitative estimate of drug-likeness (QED) is 0.166. The van der Waals surface area contributed by atoms with Gasteiger partial charge in [0.2, 0.25) is 0 Å². The summed E-state index contributed by atoms with van der Waals surface area (Å²) >= 11 is 0. The molecule has 61 heavy (non-hydrogen) atoms. The maximum Gasteiger partial charge on any atom is 0.260 e. The molecule has 286 valence electrons. The van der Waals surface area contributed by atoms with Crippen LogP contribution in [-0.2, 0) is 0 Å². The van der Waals surface area contributed by atoms with Crippen LogP contribution in [0.2, 0.25) is 0 Å². The molecular weight excluding hydrogens is 743 g/mol. The lowest BCUT2D eigenvalue weighted by Gasteiger charge is -2.36. The molecule has 2 aliphatic rings. The summed E-state index contributed by atoms with van der Waals surface area (Å²) in [6.45, 7) is 4.18. The summed E-state index contributed by atoms with van der Waals surface area (Å²) in [7, 11) is 0. The molecule has 0 radical (unpaired) electrons. The monoisotopic (exact) mass is 780 g/mol. The molecule has 0 fully saturated rings. The Morgan fingerprint density at radius 3 is 1.13 bits per heavy atom. The molecule has 9 aromatic carbocycles. The van der Waals surface area contributed by atoms with Gasteiger partial charge in [0.05, 0.1) is 33.4 Å². The van der Waals surface area contributed by atoms with E-state index in [9.17, 15) is 0 Å². The van der Waals surface area contributed by atoms with Crippen molar-refractivity contribution < 1.29 is 9.47 Å². The van der Waals surface area contributed by atoms with E-state index < -0.39 is 0 Å². The van der Waals surface area contributed by atoms with Gasteiger partial charge < -0.3 is 18.6 Å². The highest BCUT2D eigenvalue weighted by atomic mass is 16.5. The zero-order chi connectivity index (χ0) is 40.3. The predicted octanol–water partition coefficient (Wildman–Crippen LogP) is 12.6. The Balaban J connectivity index is 1.18. The fourth-order valence-electron chi connectivity index (χ4n) is 10.4. The van der Waals surface area contributed by atoms with E-state index in [4.69, 9.17) is 9.47 Å². The number of hydrogen-bond donors (Lipinski definition) is 0. The molecule has 4 nitrogen and oxygen atoms in total. The van der Waals surface area contributed by atoms with Gasteiger partial charge in [-0.2, -0.15) is 0 Å². The average molecular weight is 781 g/mol. The van der Waals surface area contributed by atoms with Gasteiger partial charge in [0, 0.05) is 27.0 Å². The van der Waals surface area contributed by atoms with Crippen LogP contribution in [0, 0.1) is 13.8 Å². The Morgan fingerprint density at radius 1 is 0.377 bits per heavy atom. The van der Waals surface area contributed by atoms with E-state index >= 15 is 0 Å². The maximum absolute atomic E-state index is 7.44. The van der Waals surface area contributed by atoms with E-state index in [1.807, 2.05) is 0 Å². The van der Waals surface area contributed by atoms with Gasteiger partial charge in [-0.05, 0) is 101 Å². The summed E-state index contributed by atoms with van der Waals surface area (Å²) < 4.78 is 19.7. The molecule has 0 saturated carbocycles. The number of nitrogens with zero attached hydrogens (tertiary/aromatic N) is 2. The van der Waals surface area contributed by atoms with Crippen molar-refractivity contribution in [3.63, 3.8) is 0 Å². The molecule has 0 atom stereocenters. The maximum atomic E-state index is 7.44. The fraction of sp³-hybridized carbons (Fsp3) is 0.0357. The van der Waals surface area contributed by atoms with Crippen LogP contribution >= 0.6 is 0 Å². The highest BCUT2D eigenvalue weighted by molar-refractivity contribution is 6.98. The lowest BCUT2D eigenvalue weighted by molar-refractivity contribution is 0.462. The van der Waals surface area contributed by atoms with E-state index in [0.717, 1.165) is 84.0 Å². The Morgan fingerprint density at radius 2 is 0.738 bits per heavy atom. The van der Waals surface area contributed by atoms with Crippen molar-refractivity contribution in [2.75, 3.05) is 0 Å². The van der Waals surface area contributed by atoms with Gasteiger partial charge in [-0.25, -0.2) is 0 Å². The van der Waals surface area contributed by atoms with E-state index in [1.165, 1.54) is 43.8 Å². The standard InChI is InChI=1S/C56H37BN2O2/c1-34-15-3-5-17-38(34)36-27-29-44-52(31-36)60-55-50(58-46-23-11-7-19-40(46)41-20-8-12-24-47(41)58)33-51(59-48-25-13-9-21-42(48)43-22-10-14-26-49(43)59)56-54(55)57(44)45-30-28-37(32-53(45)61-56)39-18-6-4-16-35(39)2/h3-33H,1-2H3. The second kappa shape index (κ2) is 12.9. The first kappa shape index (κ1) is 34.1. The number of para-hydroxylation sites is 4. The molecule has 4 heterocycles. The first-order chi connectivity index (χ1) is 30.1. The van der Waals surface area contributed by atoms with Crippen LogP contribution in [0.5, 0.6) is 23.0 Å². The number of aryl methyl sites for hydroxylation is 2. The van der Waals surface area contributed by atoms with E-state index in [1.54, 1.807) is 0 Å². The Labute approximate surface area is 353 Å². The van der Waals surface area contributed by atoms with Crippen LogP contribution in [-0.4, -0.2) is 15.8 Å². The lowest BCUT2D eigenvalue weighted by atomic mass is 9.34. The number of ether oxygens (including phenoxy) is 2. The van der Waals surface area contributed by atoms with Gasteiger partial charge in [0.25, 0.3) is 6.71 Å². The Bertz CT molecular complexity index is 3310. The van der Waals surface area contributed by atoms with E-state index in [-0.39, 0.29) is 6.71 Å². The normalized spacial score (nSPS) is 12.7. The SMILES string of the molecule is Cc1ccccc1-c1ccc2c(c1)Oc1c(-n3c4ccccc4c4ccccc43)cc(-n3c4ccccc4c4ccccc43)c3c1B2c1ccc(-c2ccccc2C)cc1O3. The highest BCUT2D eigenvalue weighted by Gasteiger charge is 2.44. The average Bonchev–Trinajstić information content (AvgIpc) is 3.82. The lowest BCUT2D eigenvalue weighted by Crippen LogP contribution is -2.57. The summed E-state index contributed by atoms with van der Waals surface area (Å²) in [5, 5.41) is 4.78. The molecule has 0 spiro atoms. The molecule has 2 aromatic heterocycles. The van der Waals surface area contributed by atoms with Crippen molar-refractivity contribution in [3.05, 3.63) is 199 Å². The molecule has 0 aliphatic carbocycles. The Hall–Kier alpha value is -7.76. The number of aromatic nitrogens is 2. The van der Waals surface area contributed by atoms with E-state index in [2.05, 4.69) is 211 Å². The summed E-state index contributed by atoms with van der Waals surface area (Å²) in [5.41, 5.74) is 16.8. The fourth-order valence-corrected chi connectivity index (χ4v) is 10.4. The number of hydrogen-bond acceptors (Lipinski definition) is 2. The van der Waals surface area contributed by atoms with Crippen LogP contribution in [0.15, 0.2) is 188 Å². The van der Waals surface area contributed by atoms with Crippen LogP contribution in [0.3, 0.4) is 0 Å². The molecule has 13 rings (SSSR count). The molecule has 0 unspecified atom stereocenters. The van der Waals surface area contributed by atoms with Crippen molar-refractivity contribution in [3.8, 4) is 56.6 Å². The van der Waals surface area contributed by atoms with Crippen LogP contribution in [0.1, 0.15) is 11.1 Å². The van der Waals surface area contributed by atoms with Crippen molar-refractivity contribution in [2.45, 2.75) is 13.8 Å². The minimum Gasteiger partial charge on any atom is -0.456 e. The molecule has 0 N–H and O–H groups in total. The molecule has 11 aromatic rings. The molecule has 0 bridgehead atoms. The predicted molar refractivity (Wildman–Crippen MR) is 253 cm³/mol. The number of rotatable bonds is 4. The summed E-state index contributed by atoms with van der Waals surface area (Å²) in [6.07, 6.45) is 0. The zero-order valence-electron chi connectivity index (χ0n) is 33.7. The van der Waals surface area contributed by atoms with E-state index in [0.29, 0.717) is 0 Å². The van der Waals surface area contributed by atoms with Crippen molar-refractivity contribution in [2.24, 2.45) is 0 Å². The first-order valence-electron chi connectivity index (χ1n) is 21.0. The van der Waals surface area contributed by atoms with Crippen LogP contribution in [0.4, 0.5) is 0 Å². The third kappa shape index (κ3) is 4.89. The third-order valence-corrected chi connectivity index (χ3v) is 13.1. The van der Waals surface area contributed by atoms with Crippen LogP contribution < -0.4 is 25.9 Å². The smallest absolute Gasteiger partial charge is 0.260 e. The molecular formula is C56H37BN2O2. The van der Waals surface area contributed by atoms with Crippen LogP contribution in [0.25, 0.3) is 77.2 Å². The van der Waals surface area contributed by atoms with Gasteiger partial charge in [-0.1, -0.05) is 146 Å². The zero-order valence-corrected chi connectivity index (χ0v) is 33.7. The van der Waals surface area contributed by atoms with Gasteiger partial charge in [-0.15, -0.1) is 0 Å². The molecule has 0 amide bonds. The van der Waals surface area contributed by atoms with Crippen molar-refractivity contribution in [1.82, 2.24) is 9.13 Å². The first-order valence-corrected chi connectivity index (χ1v) is 21.0. The number of fused-ring (bicyclic) bond motifs is 10. The Kier molecular flexibility index (Phi) is 7.20. The van der Waals surface area contributed by atoms with Crippen molar-refractivity contribution in [1.29, 1.82) is 0 Å². The molecule has 2 aliphatic heterocycles. The summed E-state index contributed by atoms with van der Waals surface area (Å²) in [5.74, 6) is 3.32. The summed E-state index contributed by atoms with van der Waals surface area (Å²) in [6, 6.07) is 67.9. The molecule has 0 saturated heterocycles.